The van der Waals surface area contributed by atoms with Crippen LogP contribution in [0.4, 0.5) is 8.78 Å². The average Bonchev–Trinajstić information content (AvgIpc) is 2.99. The van der Waals surface area contributed by atoms with Crippen molar-refractivity contribution >= 4 is 0 Å². The highest BCUT2D eigenvalue weighted by atomic mass is 19.2. The highest BCUT2D eigenvalue weighted by Crippen LogP contribution is 2.27. The number of hydrogen-bond acceptors (Lipinski definition) is 2. The summed E-state index contributed by atoms with van der Waals surface area (Å²) in [5.74, 6) is -1.44. The van der Waals surface area contributed by atoms with Crippen LogP contribution in [0.2, 0.25) is 0 Å². The van der Waals surface area contributed by atoms with Gasteiger partial charge in [0.15, 0.2) is 11.6 Å². The summed E-state index contributed by atoms with van der Waals surface area (Å²) in [4.78, 5) is 0. The van der Waals surface area contributed by atoms with Crippen LogP contribution in [0.5, 0.6) is 0 Å². The summed E-state index contributed by atoms with van der Waals surface area (Å²) < 4.78 is 33.6. The number of aryl methyl sites for hydroxylation is 1. The lowest BCUT2D eigenvalue weighted by Gasteiger charge is -2.21. The predicted octanol–water partition coefficient (Wildman–Crippen LogP) is 4.27. The minimum absolute atomic E-state index is 0.149. The van der Waals surface area contributed by atoms with E-state index >= 15 is 0 Å². The Kier molecular flexibility index (Phi) is 6.12. The van der Waals surface area contributed by atoms with Crippen molar-refractivity contribution in [2.24, 2.45) is 0 Å². The molecule has 4 heteroatoms. The molecule has 0 aromatic heterocycles. The van der Waals surface area contributed by atoms with Gasteiger partial charge in [-0.05, 0) is 51.1 Å². The number of hydrogen-bond donors (Lipinski definition) is 1. The van der Waals surface area contributed by atoms with Crippen LogP contribution in [0.15, 0.2) is 12.1 Å². The van der Waals surface area contributed by atoms with Crippen LogP contribution in [0.25, 0.3) is 0 Å². The Hall–Kier alpha value is -1.00. The number of halogens is 2. The zero-order valence-corrected chi connectivity index (χ0v) is 12.9. The molecule has 0 spiro atoms. The van der Waals surface area contributed by atoms with Crippen molar-refractivity contribution in [2.45, 2.75) is 58.1 Å². The highest BCUT2D eigenvalue weighted by Gasteiger charge is 2.22. The van der Waals surface area contributed by atoms with Crippen molar-refractivity contribution in [2.75, 3.05) is 13.2 Å². The van der Waals surface area contributed by atoms with E-state index in [2.05, 4.69) is 12.2 Å². The zero-order chi connectivity index (χ0) is 15.2. The van der Waals surface area contributed by atoms with Gasteiger partial charge in [0.1, 0.15) is 0 Å². The minimum Gasteiger partial charge on any atom is -0.378 e. The Morgan fingerprint density at radius 2 is 2.14 bits per heavy atom. The zero-order valence-electron chi connectivity index (χ0n) is 12.9. The average molecular weight is 297 g/mol. The van der Waals surface area contributed by atoms with Crippen molar-refractivity contribution in [3.05, 3.63) is 34.9 Å². The topological polar surface area (TPSA) is 21.3 Å². The summed E-state index contributed by atoms with van der Waals surface area (Å²) in [6.07, 6.45) is 5.07. The van der Waals surface area contributed by atoms with Crippen LogP contribution in [0.3, 0.4) is 0 Å². The van der Waals surface area contributed by atoms with Crippen molar-refractivity contribution in [3.63, 3.8) is 0 Å². The molecule has 2 unspecified atom stereocenters. The lowest BCUT2D eigenvalue weighted by Crippen LogP contribution is -2.25. The van der Waals surface area contributed by atoms with Crippen LogP contribution in [0, 0.1) is 18.6 Å². The molecule has 2 rings (SSSR count). The SMILES string of the molecule is CCCNC(CCC1CCCO1)c1ccc(C)c(F)c1F. The lowest BCUT2D eigenvalue weighted by molar-refractivity contribution is 0.0994. The first-order valence-corrected chi connectivity index (χ1v) is 7.93. The maximum Gasteiger partial charge on any atom is 0.163 e. The molecule has 0 radical (unpaired) electrons. The predicted molar refractivity (Wildman–Crippen MR) is 80.3 cm³/mol. The maximum absolute atomic E-state index is 14.2. The summed E-state index contributed by atoms with van der Waals surface area (Å²) in [5, 5.41) is 3.33. The second-order valence-corrected chi connectivity index (χ2v) is 5.82. The molecule has 1 N–H and O–H groups in total. The van der Waals surface area contributed by atoms with Crippen LogP contribution >= 0.6 is 0 Å². The van der Waals surface area contributed by atoms with Crippen LogP contribution < -0.4 is 5.32 Å². The summed E-state index contributed by atoms with van der Waals surface area (Å²) in [7, 11) is 0. The molecule has 0 saturated carbocycles. The fourth-order valence-corrected chi connectivity index (χ4v) is 2.84. The summed E-state index contributed by atoms with van der Waals surface area (Å²) in [5.41, 5.74) is 0.786. The third-order valence-corrected chi connectivity index (χ3v) is 4.12. The van der Waals surface area contributed by atoms with Crippen molar-refractivity contribution in [1.29, 1.82) is 0 Å². The number of benzene rings is 1. The molecule has 1 aliphatic heterocycles. The maximum atomic E-state index is 14.2. The van der Waals surface area contributed by atoms with E-state index in [1.807, 2.05) is 0 Å². The molecule has 0 amide bonds. The largest absolute Gasteiger partial charge is 0.378 e. The van der Waals surface area contributed by atoms with Gasteiger partial charge in [-0.1, -0.05) is 19.1 Å². The van der Waals surface area contributed by atoms with Crippen molar-refractivity contribution in [3.8, 4) is 0 Å². The molecular formula is C17H25F2NO. The summed E-state index contributed by atoms with van der Waals surface area (Å²) in [6.45, 7) is 5.27. The molecule has 1 heterocycles. The van der Waals surface area contributed by atoms with E-state index in [4.69, 9.17) is 4.74 Å². The monoisotopic (exact) mass is 297 g/mol. The lowest BCUT2D eigenvalue weighted by atomic mass is 9.97. The minimum atomic E-state index is -0.729. The summed E-state index contributed by atoms with van der Waals surface area (Å²) >= 11 is 0. The second-order valence-electron chi connectivity index (χ2n) is 5.82. The molecule has 2 atom stereocenters. The first-order chi connectivity index (χ1) is 10.1. The fraction of sp³-hybridized carbons (Fsp3) is 0.647. The molecule has 21 heavy (non-hydrogen) atoms. The van der Waals surface area contributed by atoms with Gasteiger partial charge in [0.25, 0.3) is 0 Å². The molecule has 1 fully saturated rings. The number of rotatable bonds is 7. The quantitative estimate of drug-likeness (QED) is 0.811. The van der Waals surface area contributed by atoms with E-state index in [1.165, 1.54) is 0 Å². The van der Waals surface area contributed by atoms with Gasteiger partial charge in [0.05, 0.1) is 6.10 Å². The Balaban J connectivity index is 2.08. The van der Waals surface area contributed by atoms with Gasteiger partial charge in [-0.25, -0.2) is 8.78 Å². The fourth-order valence-electron chi connectivity index (χ4n) is 2.84. The van der Waals surface area contributed by atoms with E-state index in [0.717, 1.165) is 45.3 Å². The summed E-state index contributed by atoms with van der Waals surface area (Å²) in [6, 6.07) is 3.21. The van der Waals surface area contributed by atoms with Crippen LogP contribution in [-0.4, -0.2) is 19.3 Å². The van der Waals surface area contributed by atoms with Crippen molar-refractivity contribution < 1.29 is 13.5 Å². The molecule has 118 valence electrons. The molecule has 0 aliphatic carbocycles. The first-order valence-electron chi connectivity index (χ1n) is 7.93. The van der Waals surface area contributed by atoms with E-state index in [9.17, 15) is 8.78 Å². The van der Waals surface area contributed by atoms with Gasteiger partial charge in [0, 0.05) is 18.2 Å². The Bertz CT molecular complexity index is 458. The van der Waals surface area contributed by atoms with Crippen LogP contribution in [0.1, 0.15) is 56.2 Å². The Morgan fingerprint density at radius 1 is 1.33 bits per heavy atom. The Labute approximate surface area is 125 Å². The van der Waals surface area contributed by atoms with Gasteiger partial charge in [-0.3, -0.25) is 0 Å². The van der Waals surface area contributed by atoms with Gasteiger partial charge in [-0.15, -0.1) is 0 Å². The molecule has 1 aromatic carbocycles. The highest BCUT2D eigenvalue weighted by molar-refractivity contribution is 5.28. The molecule has 2 nitrogen and oxygen atoms in total. The third kappa shape index (κ3) is 4.24. The smallest absolute Gasteiger partial charge is 0.163 e. The van der Waals surface area contributed by atoms with E-state index in [1.54, 1.807) is 19.1 Å². The van der Waals surface area contributed by atoms with Gasteiger partial charge < -0.3 is 10.1 Å². The van der Waals surface area contributed by atoms with Gasteiger partial charge in [0.2, 0.25) is 0 Å². The molecule has 1 aromatic rings. The first kappa shape index (κ1) is 16.4. The van der Waals surface area contributed by atoms with Gasteiger partial charge >= 0.3 is 0 Å². The normalized spacial score (nSPS) is 19.9. The van der Waals surface area contributed by atoms with E-state index in [-0.39, 0.29) is 12.1 Å². The van der Waals surface area contributed by atoms with Gasteiger partial charge in [-0.2, -0.15) is 0 Å². The third-order valence-electron chi connectivity index (χ3n) is 4.12. The van der Waals surface area contributed by atoms with E-state index in [0.29, 0.717) is 11.1 Å². The van der Waals surface area contributed by atoms with E-state index < -0.39 is 11.6 Å². The molecular weight excluding hydrogens is 272 g/mol. The molecule has 1 aliphatic rings. The molecule has 0 bridgehead atoms. The number of ether oxygens (including phenoxy) is 1. The molecule has 1 saturated heterocycles. The standard InChI is InChI=1S/C17H25F2NO/c1-3-10-20-15(9-7-13-5-4-11-21-13)14-8-6-12(2)16(18)17(14)19/h6,8,13,15,20H,3-5,7,9-11H2,1-2H3. The number of nitrogens with one attached hydrogen (secondary N) is 1. The Morgan fingerprint density at radius 3 is 2.81 bits per heavy atom. The second kappa shape index (κ2) is 7.85. The van der Waals surface area contributed by atoms with Crippen LogP contribution in [-0.2, 0) is 4.74 Å². The van der Waals surface area contributed by atoms with Crippen molar-refractivity contribution in [1.82, 2.24) is 5.32 Å².